The number of esters is 2. The lowest BCUT2D eigenvalue weighted by molar-refractivity contribution is -0.150. The number of nitrogens with two attached hydrogens (primary N) is 1. The lowest BCUT2D eigenvalue weighted by atomic mass is 10.1. The number of nitrogens with one attached hydrogen (secondary N) is 1. The number of carbonyl (C=O) groups is 3. The van der Waals surface area contributed by atoms with Crippen LogP contribution in [0.25, 0.3) is 0 Å². The maximum Gasteiger partial charge on any atom is 0.328 e. The average Bonchev–Trinajstić information content (AvgIpc) is 2.36. The van der Waals surface area contributed by atoms with Crippen LogP contribution in [0.15, 0.2) is 0 Å². The molecule has 0 bridgehead atoms. The Morgan fingerprint density at radius 3 is 2.28 bits per heavy atom. The highest BCUT2D eigenvalue weighted by molar-refractivity contribution is 5.89. The van der Waals surface area contributed by atoms with Crippen LogP contribution in [-0.4, -0.2) is 44.1 Å². The number of methoxy groups -OCH3 is 2. The number of ether oxygens (including phenoxy) is 2. The van der Waals surface area contributed by atoms with Crippen LogP contribution >= 0.6 is 0 Å². The highest BCUT2D eigenvalue weighted by Gasteiger charge is 2.26. The van der Waals surface area contributed by atoms with Crippen LogP contribution in [0, 0.1) is 0 Å². The lowest BCUT2D eigenvalue weighted by Gasteiger charge is -2.18. The molecule has 0 aromatic rings. The van der Waals surface area contributed by atoms with Crippen LogP contribution < -0.4 is 11.1 Å². The highest BCUT2D eigenvalue weighted by atomic mass is 16.5. The van der Waals surface area contributed by atoms with E-state index in [1.165, 1.54) is 14.2 Å². The number of rotatable bonds is 7. The van der Waals surface area contributed by atoms with E-state index in [1.54, 1.807) is 0 Å². The summed E-state index contributed by atoms with van der Waals surface area (Å²) in [6, 6.07) is -1.78. The predicted octanol–water partition coefficient (Wildman–Crippen LogP) is -0.665. The van der Waals surface area contributed by atoms with Gasteiger partial charge < -0.3 is 20.5 Å². The predicted molar refractivity (Wildman–Crippen MR) is 63.5 cm³/mol. The van der Waals surface area contributed by atoms with Crippen molar-refractivity contribution < 1.29 is 23.9 Å². The fourth-order valence-corrected chi connectivity index (χ4v) is 1.31. The first kappa shape index (κ1) is 16.4. The summed E-state index contributed by atoms with van der Waals surface area (Å²) in [5.74, 6) is -1.82. The SMILES string of the molecule is CCCC(N)C(=O)NC(CC(=O)OC)C(=O)OC. The summed E-state index contributed by atoms with van der Waals surface area (Å²) < 4.78 is 8.93. The third-order valence-corrected chi connectivity index (χ3v) is 2.34. The molecule has 0 fully saturated rings. The van der Waals surface area contributed by atoms with E-state index < -0.39 is 29.9 Å². The Bertz CT molecular complexity index is 306. The molecule has 7 heteroatoms. The molecule has 18 heavy (non-hydrogen) atoms. The Morgan fingerprint density at radius 1 is 1.22 bits per heavy atom. The summed E-state index contributed by atoms with van der Waals surface area (Å²) in [4.78, 5) is 34.1. The summed E-state index contributed by atoms with van der Waals surface area (Å²) in [5, 5.41) is 2.38. The van der Waals surface area contributed by atoms with Gasteiger partial charge in [-0.2, -0.15) is 0 Å². The summed E-state index contributed by atoms with van der Waals surface area (Å²) in [6.45, 7) is 1.89. The third kappa shape index (κ3) is 5.62. The van der Waals surface area contributed by atoms with E-state index >= 15 is 0 Å². The molecular weight excluding hydrogens is 240 g/mol. The number of hydrogen-bond acceptors (Lipinski definition) is 6. The molecule has 0 heterocycles. The summed E-state index contributed by atoms with van der Waals surface area (Å²) in [7, 11) is 2.37. The van der Waals surface area contributed by atoms with E-state index in [2.05, 4.69) is 14.8 Å². The molecule has 2 atom stereocenters. The number of hydrogen-bond donors (Lipinski definition) is 2. The molecule has 0 aromatic heterocycles. The standard InChI is InChI=1S/C11H20N2O5/c1-4-5-7(12)10(15)13-8(11(16)18-3)6-9(14)17-2/h7-8H,4-6,12H2,1-3H3,(H,13,15). The van der Waals surface area contributed by atoms with Crippen LogP contribution in [0.4, 0.5) is 0 Å². The Morgan fingerprint density at radius 2 is 1.83 bits per heavy atom. The largest absolute Gasteiger partial charge is 0.469 e. The maximum absolute atomic E-state index is 11.6. The van der Waals surface area contributed by atoms with E-state index in [0.717, 1.165) is 6.42 Å². The van der Waals surface area contributed by atoms with Crippen molar-refractivity contribution in [2.24, 2.45) is 5.73 Å². The van der Waals surface area contributed by atoms with Crippen LogP contribution in [0.3, 0.4) is 0 Å². The number of carbonyl (C=O) groups excluding carboxylic acids is 3. The van der Waals surface area contributed by atoms with E-state index in [4.69, 9.17) is 5.73 Å². The van der Waals surface area contributed by atoms with Gasteiger partial charge in [0.2, 0.25) is 5.91 Å². The van der Waals surface area contributed by atoms with E-state index in [9.17, 15) is 14.4 Å². The first-order valence-electron chi connectivity index (χ1n) is 5.66. The van der Waals surface area contributed by atoms with Gasteiger partial charge in [0.1, 0.15) is 6.04 Å². The minimum Gasteiger partial charge on any atom is -0.469 e. The molecule has 0 radical (unpaired) electrons. The van der Waals surface area contributed by atoms with Gasteiger partial charge in [0.15, 0.2) is 0 Å². The van der Waals surface area contributed by atoms with Crippen molar-refractivity contribution in [2.45, 2.75) is 38.3 Å². The summed E-state index contributed by atoms with van der Waals surface area (Å²) >= 11 is 0. The van der Waals surface area contributed by atoms with E-state index in [0.29, 0.717) is 6.42 Å². The Hall–Kier alpha value is -1.63. The smallest absolute Gasteiger partial charge is 0.328 e. The molecule has 2 unspecified atom stereocenters. The molecule has 1 amide bonds. The van der Waals surface area contributed by atoms with Gasteiger partial charge in [0.05, 0.1) is 26.7 Å². The average molecular weight is 260 g/mol. The van der Waals surface area contributed by atoms with Crippen LogP contribution in [0.5, 0.6) is 0 Å². The first-order valence-corrected chi connectivity index (χ1v) is 5.66. The molecule has 0 spiro atoms. The molecule has 0 rings (SSSR count). The van der Waals surface area contributed by atoms with Gasteiger partial charge in [0, 0.05) is 0 Å². The fourth-order valence-electron chi connectivity index (χ4n) is 1.31. The maximum atomic E-state index is 11.6. The Labute approximate surface area is 106 Å². The van der Waals surface area contributed by atoms with Crippen molar-refractivity contribution in [2.75, 3.05) is 14.2 Å². The van der Waals surface area contributed by atoms with Crippen molar-refractivity contribution in [1.82, 2.24) is 5.32 Å². The summed E-state index contributed by atoms with van der Waals surface area (Å²) in [5.41, 5.74) is 5.60. The van der Waals surface area contributed by atoms with Crippen LogP contribution in [0.2, 0.25) is 0 Å². The third-order valence-electron chi connectivity index (χ3n) is 2.34. The lowest BCUT2D eigenvalue weighted by Crippen LogP contribution is -2.49. The molecule has 0 aliphatic carbocycles. The van der Waals surface area contributed by atoms with Gasteiger partial charge >= 0.3 is 11.9 Å². The Balaban J connectivity index is 4.53. The minimum absolute atomic E-state index is 0.284. The van der Waals surface area contributed by atoms with Crippen LogP contribution in [-0.2, 0) is 23.9 Å². The highest BCUT2D eigenvalue weighted by Crippen LogP contribution is 2.00. The minimum atomic E-state index is -1.07. The van der Waals surface area contributed by atoms with E-state index in [-0.39, 0.29) is 6.42 Å². The van der Waals surface area contributed by atoms with Crippen molar-refractivity contribution in [3.8, 4) is 0 Å². The van der Waals surface area contributed by atoms with Gasteiger partial charge in [-0.25, -0.2) is 4.79 Å². The second-order valence-electron chi connectivity index (χ2n) is 3.76. The van der Waals surface area contributed by atoms with Crippen molar-refractivity contribution in [3.63, 3.8) is 0 Å². The Kier molecular flexibility index (Phi) is 7.69. The van der Waals surface area contributed by atoms with Crippen molar-refractivity contribution >= 4 is 17.8 Å². The topological polar surface area (TPSA) is 108 Å². The van der Waals surface area contributed by atoms with E-state index in [1.807, 2.05) is 6.92 Å². The van der Waals surface area contributed by atoms with Crippen molar-refractivity contribution in [1.29, 1.82) is 0 Å². The molecule has 104 valence electrons. The van der Waals surface area contributed by atoms with Gasteiger partial charge in [-0.05, 0) is 6.42 Å². The second-order valence-corrected chi connectivity index (χ2v) is 3.76. The molecule has 3 N–H and O–H groups in total. The second kappa shape index (κ2) is 8.46. The molecule has 0 saturated heterocycles. The quantitative estimate of drug-likeness (QED) is 0.588. The molecule has 0 aliphatic heterocycles. The monoisotopic (exact) mass is 260 g/mol. The molecular formula is C11H20N2O5. The number of amides is 1. The molecule has 7 nitrogen and oxygen atoms in total. The van der Waals surface area contributed by atoms with Crippen molar-refractivity contribution in [3.05, 3.63) is 0 Å². The van der Waals surface area contributed by atoms with Crippen LogP contribution in [0.1, 0.15) is 26.2 Å². The molecule has 0 saturated carbocycles. The zero-order valence-corrected chi connectivity index (χ0v) is 10.9. The van der Waals surface area contributed by atoms with Gasteiger partial charge in [0.25, 0.3) is 0 Å². The molecule has 0 aliphatic rings. The van der Waals surface area contributed by atoms with Gasteiger partial charge in [-0.15, -0.1) is 0 Å². The first-order chi connectivity index (χ1) is 8.46. The fraction of sp³-hybridized carbons (Fsp3) is 0.727. The zero-order valence-electron chi connectivity index (χ0n) is 10.9. The normalized spacial score (nSPS) is 13.3. The summed E-state index contributed by atoms with van der Waals surface area (Å²) in [6.07, 6.45) is 0.959. The van der Waals surface area contributed by atoms with Gasteiger partial charge in [-0.1, -0.05) is 13.3 Å². The zero-order chi connectivity index (χ0) is 14.1. The molecule has 0 aromatic carbocycles. The van der Waals surface area contributed by atoms with Gasteiger partial charge in [-0.3, -0.25) is 9.59 Å².